The van der Waals surface area contributed by atoms with E-state index >= 15 is 0 Å². The summed E-state index contributed by atoms with van der Waals surface area (Å²) in [5.74, 6) is 0.375. The smallest absolute Gasteiger partial charge is 0.252 e. The standard InChI is InChI=1S/C21H16N2O3/c24-21(16-10-12-23(25)13-11-16)22-20(15-6-2-1-3-7-15)19-14-17-8-4-5-9-18(17)26-19/h1-14,20H,(H,22,24). The number of nitrogens with zero attached hydrogens (tertiary/aromatic N) is 1. The SMILES string of the molecule is O=C(NC(c1ccccc1)c1cc2ccccc2o1)c1cc[n+]([O-])cc1. The van der Waals surface area contributed by atoms with Gasteiger partial charge in [0, 0.05) is 17.5 Å². The van der Waals surface area contributed by atoms with E-state index in [2.05, 4.69) is 5.32 Å². The lowest BCUT2D eigenvalue weighted by atomic mass is 10.0. The number of furan rings is 1. The first-order chi connectivity index (χ1) is 12.7. The third kappa shape index (κ3) is 3.15. The number of para-hydroxylation sites is 1. The van der Waals surface area contributed by atoms with Gasteiger partial charge in [-0.25, -0.2) is 0 Å². The monoisotopic (exact) mass is 344 g/mol. The van der Waals surface area contributed by atoms with E-state index in [0.29, 0.717) is 16.1 Å². The van der Waals surface area contributed by atoms with Crippen LogP contribution in [-0.2, 0) is 0 Å². The Kier molecular flexibility index (Phi) is 4.11. The van der Waals surface area contributed by atoms with Crippen LogP contribution in [0.2, 0.25) is 0 Å². The molecule has 1 N–H and O–H groups in total. The molecule has 0 aliphatic carbocycles. The van der Waals surface area contributed by atoms with Crippen LogP contribution in [0.4, 0.5) is 0 Å². The van der Waals surface area contributed by atoms with Crippen molar-refractivity contribution in [3.8, 4) is 0 Å². The summed E-state index contributed by atoms with van der Waals surface area (Å²) < 4.78 is 6.62. The van der Waals surface area contributed by atoms with Crippen molar-refractivity contribution in [2.75, 3.05) is 0 Å². The molecule has 1 amide bonds. The lowest BCUT2D eigenvalue weighted by Gasteiger charge is -2.17. The van der Waals surface area contributed by atoms with E-state index in [-0.39, 0.29) is 5.91 Å². The van der Waals surface area contributed by atoms with Gasteiger partial charge in [-0.15, -0.1) is 0 Å². The van der Waals surface area contributed by atoms with Gasteiger partial charge in [0.1, 0.15) is 17.4 Å². The van der Waals surface area contributed by atoms with E-state index in [1.165, 1.54) is 24.5 Å². The molecule has 0 saturated heterocycles. The Morgan fingerprint density at radius 3 is 2.38 bits per heavy atom. The van der Waals surface area contributed by atoms with Gasteiger partial charge in [0.25, 0.3) is 5.91 Å². The molecule has 5 nitrogen and oxygen atoms in total. The van der Waals surface area contributed by atoms with Crippen LogP contribution in [0.3, 0.4) is 0 Å². The number of rotatable bonds is 4. The van der Waals surface area contributed by atoms with E-state index in [9.17, 15) is 10.0 Å². The van der Waals surface area contributed by atoms with Gasteiger partial charge >= 0.3 is 0 Å². The molecule has 1 unspecified atom stereocenters. The quantitative estimate of drug-likeness (QED) is 0.454. The summed E-state index contributed by atoms with van der Waals surface area (Å²) in [5, 5.41) is 15.2. The van der Waals surface area contributed by atoms with Gasteiger partial charge in [0.15, 0.2) is 12.4 Å². The van der Waals surface area contributed by atoms with Gasteiger partial charge < -0.3 is 14.9 Å². The van der Waals surface area contributed by atoms with Gasteiger partial charge in [-0.1, -0.05) is 48.5 Å². The first-order valence-electron chi connectivity index (χ1n) is 8.24. The molecule has 0 aliphatic rings. The highest BCUT2D eigenvalue weighted by Crippen LogP contribution is 2.28. The number of carbonyl (C=O) groups is 1. The summed E-state index contributed by atoms with van der Waals surface area (Å²) >= 11 is 0. The second kappa shape index (κ2) is 6.72. The second-order valence-corrected chi connectivity index (χ2v) is 5.95. The topological polar surface area (TPSA) is 69.2 Å². The predicted octanol–water partition coefficient (Wildman–Crippen LogP) is 3.59. The van der Waals surface area contributed by atoms with Gasteiger partial charge in [0.2, 0.25) is 0 Å². The van der Waals surface area contributed by atoms with Crippen molar-refractivity contribution in [1.29, 1.82) is 0 Å². The minimum atomic E-state index is -0.435. The molecular weight excluding hydrogens is 328 g/mol. The van der Waals surface area contributed by atoms with Crippen LogP contribution in [0.15, 0.2) is 89.6 Å². The van der Waals surface area contributed by atoms with E-state index < -0.39 is 6.04 Å². The Hall–Kier alpha value is -3.60. The largest absolute Gasteiger partial charge is 0.619 e. The number of hydrogen-bond donors (Lipinski definition) is 1. The number of pyridine rings is 1. The molecule has 0 radical (unpaired) electrons. The fourth-order valence-electron chi connectivity index (χ4n) is 2.89. The zero-order valence-electron chi connectivity index (χ0n) is 13.8. The maximum Gasteiger partial charge on any atom is 0.252 e. The number of nitrogens with one attached hydrogen (secondary N) is 1. The number of benzene rings is 2. The Morgan fingerprint density at radius 2 is 1.65 bits per heavy atom. The molecule has 2 aromatic carbocycles. The van der Waals surface area contributed by atoms with Crippen molar-refractivity contribution in [2.24, 2.45) is 0 Å². The average Bonchev–Trinajstić information content (AvgIpc) is 3.11. The van der Waals surface area contributed by atoms with Crippen molar-refractivity contribution < 1.29 is 13.9 Å². The Morgan fingerprint density at radius 1 is 0.962 bits per heavy atom. The summed E-state index contributed by atoms with van der Waals surface area (Å²) in [5.41, 5.74) is 2.09. The fourth-order valence-corrected chi connectivity index (χ4v) is 2.89. The maximum absolute atomic E-state index is 12.7. The molecular formula is C21H16N2O3. The highest BCUT2D eigenvalue weighted by Gasteiger charge is 2.21. The molecule has 2 heterocycles. The van der Waals surface area contributed by atoms with E-state index in [0.717, 1.165) is 16.5 Å². The van der Waals surface area contributed by atoms with Crippen LogP contribution in [0, 0.1) is 5.21 Å². The summed E-state index contributed by atoms with van der Waals surface area (Å²) in [6, 6.07) is 21.8. The molecule has 0 bridgehead atoms. The fraction of sp³-hybridized carbons (Fsp3) is 0.0476. The zero-order valence-corrected chi connectivity index (χ0v) is 13.8. The molecule has 128 valence electrons. The molecule has 4 rings (SSSR count). The van der Waals surface area contributed by atoms with Crippen LogP contribution in [0.5, 0.6) is 0 Å². The first-order valence-corrected chi connectivity index (χ1v) is 8.24. The van der Waals surface area contributed by atoms with Gasteiger partial charge in [-0.3, -0.25) is 4.79 Å². The molecule has 2 aromatic heterocycles. The number of fused-ring (bicyclic) bond motifs is 1. The van der Waals surface area contributed by atoms with Crippen LogP contribution in [-0.4, -0.2) is 5.91 Å². The third-order valence-electron chi connectivity index (χ3n) is 4.20. The molecule has 4 aromatic rings. The van der Waals surface area contributed by atoms with Crippen LogP contribution in [0.25, 0.3) is 11.0 Å². The lowest BCUT2D eigenvalue weighted by molar-refractivity contribution is -0.605. The van der Waals surface area contributed by atoms with Gasteiger partial charge in [-0.05, 0) is 17.7 Å². The predicted molar refractivity (Wildman–Crippen MR) is 97.4 cm³/mol. The number of carbonyl (C=O) groups excluding carboxylic acids is 1. The number of aromatic nitrogens is 1. The van der Waals surface area contributed by atoms with Crippen molar-refractivity contribution in [2.45, 2.75) is 6.04 Å². The molecule has 0 aliphatic heterocycles. The van der Waals surface area contributed by atoms with E-state index in [1.54, 1.807) is 0 Å². The molecule has 0 fully saturated rings. The number of hydrogen-bond acceptors (Lipinski definition) is 3. The van der Waals surface area contributed by atoms with E-state index in [4.69, 9.17) is 4.42 Å². The van der Waals surface area contributed by atoms with Crippen molar-refractivity contribution in [3.63, 3.8) is 0 Å². The molecule has 5 heteroatoms. The highest BCUT2D eigenvalue weighted by molar-refractivity contribution is 5.94. The Bertz CT molecular complexity index is 1010. The van der Waals surface area contributed by atoms with Crippen LogP contribution in [0.1, 0.15) is 27.7 Å². The van der Waals surface area contributed by atoms with Crippen molar-refractivity contribution in [1.82, 2.24) is 5.32 Å². The molecule has 1 atom stereocenters. The third-order valence-corrected chi connectivity index (χ3v) is 4.20. The minimum Gasteiger partial charge on any atom is -0.619 e. The maximum atomic E-state index is 12.7. The molecule has 26 heavy (non-hydrogen) atoms. The molecule has 0 spiro atoms. The summed E-state index contributed by atoms with van der Waals surface area (Å²) in [6.45, 7) is 0. The summed E-state index contributed by atoms with van der Waals surface area (Å²) in [4.78, 5) is 12.7. The highest BCUT2D eigenvalue weighted by atomic mass is 16.5. The Labute approximate surface area is 150 Å². The summed E-state index contributed by atoms with van der Waals surface area (Å²) in [6.07, 6.45) is 2.60. The molecule has 0 saturated carbocycles. The second-order valence-electron chi connectivity index (χ2n) is 5.95. The first kappa shape index (κ1) is 15.9. The van der Waals surface area contributed by atoms with Crippen LogP contribution < -0.4 is 10.0 Å². The van der Waals surface area contributed by atoms with Gasteiger partial charge in [-0.2, -0.15) is 4.73 Å². The lowest BCUT2D eigenvalue weighted by Crippen LogP contribution is -2.30. The van der Waals surface area contributed by atoms with Crippen molar-refractivity contribution in [3.05, 3.63) is 107 Å². The minimum absolute atomic E-state index is 0.278. The Balaban J connectivity index is 1.71. The van der Waals surface area contributed by atoms with Gasteiger partial charge in [0.05, 0.1) is 5.56 Å². The summed E-state index contributed by atoms with van der Waals surface area (Å²) in [7, 11) is 0. The zero-order chi connectivity index (χ0) is 17.9. The van der Waals surface area contributed by atoms with Crippen LogP contribution >= 0.6 is 0 Å². The van der Waals surface area contributed by atoms with E-state index in [1.807, 2.05) is 60.7 Å². The average molecular weight is 344 g/mol. The van der Waals surface area contributed by atoms with Crippen molar-refractivity contribution >= 4 is 16.9 Å². The number of amides is 1. The normalized spacial score (nSPS) is 12.0.